The van der Waals surface area contributed by atoms with E-state index >= 15 is 0 Å². The molecule has 0 bridgehead atoms. The van der Waals surface area contributed by atoms with Gasteiger partial charge in [-0.1, -0.05) is 13.3 Å². The van der Waals surface area contributed by atoms with E-state index in [1.165, 1.54) is 0 Å². The smallest absolute Gasteiger partial charge is 0.230 e. The summed E-state index contributed by atoms with van der Waals surface area (Å²) in [6.07, 6.45) is 7.46. The Labute approximate surface area is 115 Å². The lowest BCUT2D eigenvalue weighted by Crippen LogP contribution is -2.50. The number of carbonyl (C=O) groups is 1. The van der Waals surface area contributed by atoms with Crippen molar-refractivity contribution in [3.63, 3.8) is 0 Å². The van der Waals surface area contributed by atoms with E-state index in [-0.39, 0.29) is 11.3 Å². The molecule has 1 atom stereocenters. The molecule has 1 aliphatic heterocycles. The third kappa shape index (κ3) is 3.18. The van der Waals surface area contributed by atoms with E-state index in [4.69, 9.17) is 4.42 Å². The fourth-order valence-electron chi connectivity index (χ4n) is 3.08. The number of hydrogen-bond donors (Lipinski definition) is 1. The van der Waals surface area contributed by atoms with E-state index in [1.807, 2.05) is 18.0 Å². The number of nitrogens with zero attached hydrogens (tertiary/aromatic N) is 1. The van der Waals surface area contributed by atoms with Crippen molar-refractivity contribution in [2.24, 2.45) is 5.41 Å². The lowest BCUT2D eigenvalue weighted by molar-refractivity contribution is -0.143. The molecule has 0 saturated carbocycles. The van der Waals surface area contributed by atoms with Gasteiger partial charge in [0.15, 0.2) is 0 Å². The Balaban J connectivity index is 2.05. The Morgan fingerprint density at radius 3 is 3.00 bits per heavy atom. The minimum absolute atomic E-state index is 0.203. The van der Waals surface area contributed by atoms with Crippen molar-refractivity contribution >= 4 is 5.91 Å². The molecule has 0 spiro atoms. The lowest BCUT2D eigenvalue weighted by atomic mass is 9.75. The molecule has 0 aromatic carbocycles. The Bertz CT molecular complexity index is 389. The highest BCUT2D eigenvalue weighted by Gasteiger charge is 2.40. The van der Waals surface area contributed by atoms with E-state index < -0.39 is 0 Å². The largest absolute Gasteiger partial charge is 0.472 e. The van der Waals surface area contributed by atoms with Gasteiger partial charge in [0.2, 0.25) is 5.91 Å². The first-order valence-corrected chi connectivity index (χ1v) is 7.15. The molecule has 0 radical (unpaired) electrons. The van der Waals surface area contributed by atoms with Gasteiger partial charge in [0, 0.05) is 25.7 Å². The number of amides is 1. The minimum atomic E-state index is -0.203. The predicted octanol–water partition coefficient (Wildman–Crippen LogP) is 2.41. The van der Waals surface area contributed by atoms with Crippen LogP contribution in [0, 0.1) is 5.41 Å². The normalized spacial score (nSPS) is 23.3. The molecule has 4 nitrogen and oxygen atoms in total. The van der Waals surface area contributed by atoms with Gasteiger partial charge in [-0.2, -0.15) is 0 Å². The molecule has 4 heteroatoms. The predicted molar refractivity (Wildman–Crippen MR) is 74.6 cm³/mol. The van der Waals surface area contributed by atoms with Crippen LogP contribution < -0.4 is 5.32 Å². The van der Waals surface area contributed by atoms with Crippen LogP contribution >= 0.6 is 0 Å². The quantitative estimate of drug-likeness (QED) is 0.888. The van der Waals surface area contributed by atoms with Gasteiger partial charge in [-0.25, -0.2) is 0 Å². The zero-order valence-corrected chi connectivity index (χ0v) is 11.9. The molecule has 1 saturated heterocycles. The summed E-state index contributed by atoms with van der Waals surface area (Å²) in [5, 5.41) is 3.39. The molecule has 1 unspecified atom stereocenters. The van der Waals surface area contributed by atoms with Crippen molar-refractivity contribution in [1.82, 2.24) is 10.2 Å². The number of hydrogen-bond acceptors (Lipinski definition) is 3. The number of carbonyl (C=O) groups excluding carboxylic acids is 1. The van der Waals surface area contributed by atoms with Gasteiger partial charge >= 0.3 is 0 Å². The molecule has 1 N–H and O–H groups in total. The fraction of sp³-hybridized carbons (Fsp3) is 0.667. The average molecular weight is 264 g/mol. The molecule has 0 aliphatic carbocycles. The van der Waals surface area contributed by atoms with Crippen LogP contribution in [0.2, 0.25) is 0 Å². The van der Waals surface area contributed by atoms with Crippen LogP contribution in [0.25, 0.3) is 0 Å². The van der Waals surface area contributed by atoms with E-state index in [0.717, 1.165) is 44.3 Å². The van der Waals surface area contributed by atoms with Gasteiger partial charge in [0.1, 0.15) is 0 Å². The number of nitrogens with one attached hydrogen (secondary N) is 1. The van der Waals surface area contributed by atoms with Crippen molar-refractivity contribution in [2.45, 2.75) is 39.2 Å². The second-order valence-electron chi connectivity index (χ2n) is 5.60. The van der Waals surface area contributed by atoms with E-state index in [2.05, 4.69) is 12.2 Å². The van der Waals surface area contributed by atoms with Gasteiger partial charge in [-0.05, 0) is 31.9 Å². The Morgan fingerprint density at radius 2 is 2.42 bits per heavy atom. The van der Waals surface area contributed by atoms with Gasteiger partial charge in [-0.15, -0.1) is 0 Å². The molecule has 19 heavy (non-hydrogen) atoms. The van der Waals surface area contributed by atoms with Crippen molar-refractivity contribution in [2.75, 3.05) is 20.1 Å². The van der Waals surface area contributed by atoms with Crippen molar-refractivity contribution in [3.05, 3.63) is 24.2 Å². The summed E-state index contributed by atoms with van der Waals surface area (Å²) in [5.41, 5.74) is 0.845. The molecule has 1 fully saturated rings. The summed E-state index contributed by atoms with van der Waals surface area (Å²) >= 11 is 0. The standard InChI is InChI=1S/C15H24N2O2/c1-3-6-15(7-4-8-16-12-15)14(18)17(2)10-13-5-9-19-11-13/h5,9,11,16H,3-4,6-8,10,12H2,1-2H3. The van der Waals surface area contributed by atoms with Gasteiger partial charge in [-0.3, -0.25) is 4.79 Å². The SMILES string of the molecule is CCCC1(C(=O)N(C)Cc2ccoc2)CCCNC1. The van der Waals surface area contributed by atoms with Crippen molar-refractivity contribution in [3.8, 4) is 0 Å². The van der Waals surface area contributed by atoms with Crippen LogP contribution in [-0.4, -0.2) is 30.9 Å². The summed E-state index contributed by atoms with van der Waals surface area (Å²) in [5.74, 6) is 0.266. The maximum Gasteiger partial charge on any atom is 0.230 e. The molecular formula is C15H24N2O2. The highest BCUT2D eigenvalue weighted by atomic mass is 16.3. The first-order chi connectivity index (χ1) is 9.18. The molecule has 1 aromatic rings. The Morgan fingerprint density at radius 1 is 1.58 bits per heavy atom. The van der Waals surface area contributed by atoms with Crippen LogP contribution in [0.1, 0.15) is 38.2 Å². The van der Waals surface area contributed by atoms with E-state index in [0.29, 0.717) is 6.54 Å². The van der Waals surface area contributed by atoms with Crippen molar-refractivity contribution < 1.29 is 9.21 Å². The van der Waals surface area contributed by atoms with Crippen molar-refractivity contribution in [1.29, 1.82) is 0 Å². The average Bonchev–Trinajstić information content (AvgIpc) is 2.92. The third-order valence-corrected chi connectivity index (χ3v) is 4.00. The molecular weight excluding hydrogens is 240 g/mol. The molecule has 106 valence electrons. The Hall–Kier alpha value is -1.29. The molecule has 2 rings (SSSR count). The summed E-state index contributed by atoms with van der Waals surface area (Å²) in [4.78, 5) is 14.6. The summed E-state index contributed by atoms with van der Waals surface area (Å²) < 4.78 is 5.06. The van der Waals surface area contributed by atoms with Gasteiger partial charge in [0.25, 0.3) is 0 Å². The summed E-state index contributed by atoms with van der Waals surface area (Å²) in [7, 11) is 1.89. The number of rotatable bonds is 5. The monoisotopic (exact) mass is 264 g/mol. The molecule has 1 aromatic heterocycles. The van der Waals surface area contributed by atoms with E-state index in [1.54, 1.807) is 12.5 Å². The van der Waals surface area contributed by atoms with Gasteiger partial charge < -0.3 is 14.6 Å². The van der Waals surface area contributed by atoms with E-state index in [9.17, 15) is 4.79 Å². The second-order valence-corrected chi connectivity index (χ2v) is 5.60. The van der Waals surface area contributed by atoms with Crippen LogP contribution in [0.4, 0.5) is 0 Å². The maximum atomic E-state index is 12.8. The Kier molecular flexibility index (Phi) is 4.64. The first-order valence-electron chi connectivity index (χ1n) is 7.15. The third-order valence-electron chi connectivity index (χ3n) is 4.00. The zero-order valence-electron chi connectivity index (χ0n) is 11.9. The lowest BCUT2D eigenvalue weighted by Gasteiger charge is -2.39. The molecule has 1 aliphatic rings. The topological polar surface area (TPSA) is 45.5 Å². The highest BCUT2D eigenvalue weighted by Crippen LogP contribution is 2.33. The first kappa shape index (κ1) is 14.1. The van der Waals surface area contributed by atoms with Crippen LogP contribution in [0.3, 0.4) is 0 Å². The van der Waals surface area contributed by atoms with Crippen LogP contribution in [0.15, 0.2) is 23.0 Å². The molecule has 2 heterocycles. The number of furan rings is 1. The van der Waals surface area contributed by atoms with Gasteiger partial charge in [0.05, 0.1) is 17.9 Å². The highest BCUT2D eigenvalue weighted by molar-refractivity contribution is 5.83. The van der Waals surface area contributed by atoms with Crippen LogP contribution in [-0.2, 0) is 11.3 Å². The summed E-state index contributed by atoms with van der Waals surface area (Å²) in [6.45, 7) is 4.63. The fourth-order valence-corrected chi connectivity index (χ4v) is 3.08. The maximum absolute atomic E-state index is 12.8. The summed E-state index contributed by atoms with van der Waals surface area (Å²) in [6, 6.07) is 1.91. The minimum Gasteiger partial charge on any atom is -0.472 e. The second kappa shape index (κ2) is 6.24. The van der Waals surface area contributed by atoms with Crippen LogP contribution in [0.5, 0.6) is 0 Å². The molecule has 1 amide bonds. The zero-order chi connectivity index (χ0) is 13.7. The number of piperidine rings is 1.